The largest absolute Gasteiger partial charge is 0.497 e. The number of ether oxygens (including phenoxy) is 2. The monoisotopic (exact) mass is 328 g/mol. The molecule has 0 bridgehead atoms. The highest BCUT2D eigenvalue weighted by Gasteiger charge is 2.46. The van der Waals surface area contributed by atoms with E-state index in [0.29, 0.717) is 5.92 Å². The third-order valence-electron chi connectivity index (χ3n) is 5.70. The fourth-order valence-electron chi connectivity index (χ4n) is 4.36. The van der Waals surface area contributed by atoms with Gasteiger partial charge >= 0.3 is 0 Å². The van der Waals surface area contributed by atoms with Crippen molar-refractivity contribution in [3.05, 3.63) is 77.4 Å². The summed E-state index contributed by atoms with van der Waals surface area (Å²) in [5.74, 6) is 2.26. The molecule has 3 aromatic rings. The normalized spacial score (nSPS) is 23.4. The van der Waals surface area contributed by atoms with Crippen LogP contribution < -0.4 is 9.47 Å². The van der Waals surface area contributed by atoms with Gasteiger partial charge in [0.25, 0.3) is 0 Å². The van der Waals surface area contributed by atoms with Crippen LogP contribution in [0, 0.1) is 5.92 Å². The Morgan fingerprint density at radius 3 is 2.84 bits per heavy atom. The molecule has 2 heteroatoms. The van der Waals surface area contributed by atoms with Gasteiger partial charge in [0, 0.05) is 17.0 Å². The van der Waals surface area contributed by atoms with E-state index in [-0.39, 0.29) is 5.60 Å². The van der Waals surface area contributed by atoms with Crippen LogP contribution in [0.15, 0.2) is 60.7 Å². The van der Waals surface area contributed by atoms with Gasteiger partial charge in [0.05, 0.1) is 7.11 Å². The van der Waals surface area contributed by atoms with Gasteiger partial charge in [0.1, 0.15) is 11.5 Å². The number of fused-ring (bicyclic) bond motifs is 5. The third-order valence-corrected chi connectivity index (χ3v) is 5.70. The maximum atomic E-state index is 6.67. The van der Waals surface area contributed by atoms with Gasteiger partial charge in [-0.15, -0.1) is 0 Å². The van der Waals surface area contributed by atoms with Crippen molar-refractivity contribution < 1.29 is 9.47 Å². The molecule has 2 nitrogen and oxygen atoms in total. The molecule has 2 aliphatic rings. The van der Waals surface area contributed by atoms with Crippen molar-refractivity contribution in [3.8, 4) is 11.5 Å². The highest BCUT2D eigenvalue weighted by Crippen LogP contribution is 2.49. The molecule has 3 aromatic carbocycles. The molecule has 5 rings (SSSR count). The lowest BCUT2D eigenvalue weighted by Gasteiger charge is -2.36. The maximum Gasteiger partial charge on any atom is 0.156 e. The van der Waals surface area contributed by atoms with Crippen LogP contribution in [0.3, 0.4) is 0 Å². The standard InChI is InChI=1S/C23H20O2/c1-15-13-17-5-3-4-6-21(17)23(15)12-11-20-19-9-8-18(24-2)14-16(19)7-10-22(20)25-23/h3-12,14-15H,13H2,1-2H3. The molecule has 0 amide bonds. The summed E-state index contributed by atoms with van der Waals surface area (Å²) < 4.78 is 12.0. The first-order valence-electron chi connectivity index (χ1n) is 8.79. The summed E-state index contributed by atoms with van der Waals surface area (Å²) in [6.07, 6.45) is 5.56. The first-order valence-corrected chi connectivity index (χ1v) is 8.79. The Balaban J connectivity index is 1.67. The summed E-state index contributed by atoms with van der Waals surface area (Å²) in [5, 5.41) is 2.37. The van der Waals surface area contributed by atoms with E-state index in [1.54, 1.807) is 7.11 Å². The topological polar surface area (TPSA) is 18.5 Å². The van der Waals surface area contributed by atoms with Gasteiger partial charge in [0.15, 0.2) is 5.60 Å². The maximum absolute atomic E-state index is 6.67. The molecular formula is C23H20O2. The van der Waals surface area contributed by atoms with Crippen molar-refractivity contribution in [1.82, 2.24) is 0 Å². The van der Waals surface area contributed by atoms with Crippen molar-refractivity contribution in [2.75, 3.05) is 7.11 Å². The minimum Gasteiger partial charge on any atom is -0.497 e. The Bertz CT molecular complexity index is 1020. The highest BCUT2D eigenvalue weighted by molar-refractivity contribution is 5.94. The van der Waals surface area contributed by atoms with Gasteiger partial charge in [-0.25, -0.2) is 0 Å². The van der Waals surface area contributed by atoms with E-state index in [1.165, 1.54) is 21.9 Å². The molecule has 25 heavy (non-hydrogen) atoms. The molecule has 0 saturated heterocycles. The smallest absolute Gasteiger partial charge is 0.156 e. The summed E-state index contributed by atoms with van der Waals surface area (Å²) in [6.45, 7) is 2.28. The molecule has 0 radical (unpaired) electrons. The third kappa shape index (κ3) is 1.97. The molecule has 1 aliphatic heterocycles. The molecule has 0 saturated carbocycles. The van der Waals surface area contributed by atoms with E-state index in [4.69, 9.17) is 9.47 Å². The van der Waals surface area contributed by atoms with Crippen LogP contribution in [0.4, 0.5) is 0 Å². The van der Waals surface area contributed by atoms with Gasteiger partial charge in [-0.05, 0) is 53.1 Å². The SMILES string of the molecule is COc1ccc2c3c(ccc2c1)OC1(C=C3)c2ccccc2CC1C. The van der Waals surface area contributed by atoms with Crippen molar-refractivity contribution in [1.29, 1.82) is 0 Å². The molecule has 1 aliphatic carbocycles. The number of hydrogen-bond acceptors (Lipinski definition) is 2. The minimum atomic E-state index is -0.344. The van der Waals surface area contributed by atoms with Gasteiger partial charge < -0.3 is 9.47 Å². The van der Waals surface area contributed by atoms with E-state index < -0.39 is 0 Å². The Morgan fingerprint density at radius 1 is 1.08 bits per heavy atom. The van der Waals surface area contributed by atoms with Crippen molar-refractivity contribution in [3.63, 3.8) is 0 Å². The van der Waals surface area contributed by atoms with Crippen LogP contribution in [-0.2, 0) is 12.0 Å². The first kappa shape index (κ1) is 14.6. The summed E-state index contributed by atoms with van der Waals surface area (Å²) >= 11 is 0. The first-order chi connectivity index (χ1) is 12.2. The van der Waals surface area contributed by atoms with E-state index >= 15 is 0 Å². The van der Waals surface area contributed by atoms with Crippen LogP contribution in [0.2, 0.25) is 0 Å². The van der Waals surface area contributed by atoms with Crippen LogP contribution in [0.25, 0.3) is 16.8 Å². The molecule has 2 atom stereocenters. The van der Waals surface area contributed by atoms with Crippen LogP contribution >= 0.6 is 0 Å². The molecule has 0 aromatic heterocycles. The average molecular weight is 328 g/mol. The lowest BCUT2D eigenvalue weighted by Crippen LogP contribution is -2.36. The predicted molar refractivity (Wildman–Crippen MR) is 101 cm³/mol. The van der Waals surface area contributed by atoms with E-state index in [1.807, 2.05) is 6.07 Å². The van der Waals surface area contributed by atoms with E-state index in [9.17, 15) is 0 Å². The van der Waals surface area contributed by atoms with E-state index in [0.717, 1.165) is 23.5 Å². The highest BCUT2D eigenvalue weighted by atomic mass is 16.5. The lowest BCUT2D eigenvalue weighted by atomic mass is 9.85. The van der Waals surface area contributed by atoms with Gasteiger partial charge in [-0.1, -0.05) is 43.3 Å². The minimum absolute atomic E-state index is 0.344. The molecule has 0 N–H and O–H groups in total. The van der Waals surface area contributed by atoms with Crippen LogP contribution in [0.1, 0.15) is 23.6 Å². The zero-order valence-electron chi connectivity index (χ0n) is 14.5. The zero-order valence-corrected chi connectivity index (χ0v) is 14.5. The van der Waals surface area contributed by atoms with Crippen molar-refractivity contribution in [2.45, 2.75) is 18.9 Å². The molecule has 124 valence electrons. The quantitative estimate of drug-likeness (QED) is 0.600. The van der Waals surface area contributed by atoms with Crippen molar-refractivity contribution in [2.24, 2.45) is 5.92 Å². The second-order valence-electron chi connectivity index (χ2n) is 7.06. The summed E-state index contributed by atoms with van der Waals surface area (Å²) in [4.78, 5) is 0. The fourth-order valence-corrected chi connectivity index (χ4v) is 4.36. The number of methoxy groups -OCH3 is 1. The summed E-state index contributed by atoms with van der Waals surface area (Å²) in [6, 6.07) is 19.1. The van der Waals surface area contributed by atoms with Gasteiger partial charge in [0.2, 0.25) is 0 Å². The Kier molecular flexibility index (Phi) is 2.99. The molecule has 0 fully saturated rings. The number of hydrogen-bond donors (Lipinski definition) is 0. The molecule has 2 unspecified atom stereocenters. The van der Waals surface area contributed by atoms with Gasteiger partial charge in [-0.2, -0.15) is 0 Å². The predicted octanol–water partition coefficient (Wildman–Crippen LogP) is 5.34. The van der Waals surface area contributed by atoms with Crippen LogP contribution in [-0.4, -0.2) is 7.11 Å². The number of rotatable bonds is 1. The van der Waals surface area contributed by atoms with E-state index in [2.05, 4.69) is 67.6 Å². The second kappa shape index (κ2) is 5.13. The Hall–Kier alpha value is -2.74. The summed E-state index contributed by atoms with van der Waals surface area (Å²) in [7, 11) is 1.70. The Labute approximate surface area is 147 Å². The lowest BCUT2D eigenvalue weighted by molar-refractivity contribution is 0.0722. The zero-order chi connectivity index (χ0) is 17.0. The molecule has 1 spiro atoms. The van der Waals surface area contributed by atoms with Crippen LogP contribution in [0.5, 0.6) is 11.5 Å². The molecular weight excluding hydrogens is 308 g/mol. The molecule has 1 heterocycles. The number of benzene rings is 3. The average Bonchev–Trinajstić information content (AvgIpc) is 2.92. The summed E-state index contributed by atoms with van der Waals surface area (Å²) in [5.41, 5.74) is 3.51. The fraction of sp³-hybridized carbons (Fsp3) is 0.217. The Morgan fingerprint density at radius 2 is 1.96 bits per heavy atom. The second-order valence-corrected chi connectivity index (χ2v) is 7.06. The van der Waals surface area contributed by atoms with Gasteiger partial charge in [-0.3, -0.25) is 0 Å². The van der Waals surface area contributed by atoms with Crippen molar-refractivity contribution >= 4 is 16.8 Å².